The number of rotatable bonds is 5. The van der Waals surface area contributed by atoms with Crippen molar-refractivity contribution in [3.63, 3.8) is 0 Å². The standard InChI is InChI=1S/C13H21ClN2O/c1-9-6-10(2)15-13(12(9)7-14)16(4)11(3)8-17-5/h6,11H,7-8H2,1-5H3. The molecule has 1 unspecified atom stereocenters. The highest BCUT2D eigenvalue weighted by molar-refractivity contribution is 6.17. The van der Waals surface area contributed by atoms with Crippen LogP contribution in [0.1, 0.15) is 23.7 Å². The van der Waals surface area contributed by atoms with Crippen molar-refractivity contribution in [2.45, 2.75) is 32.7 Å². The van der Waals surface area contributed by atoms with E-state index in [0.29, 0.717) is 12.5 Å². The average Bonchev–Trinajstić information content (AvgIpc) is 2.27. The lowest BCUT2D eigenvalue weighted by molar-refractivity contribution is 0.183. The molecule has 17 heavy (non-hydrogen) atoms. The number of ether oxygens (including phenoxy) is 1. The van der Waals surface area contributed by atoms with Gasteiger partial charge in [0, 0.05) is 25.4 Å². The third-order valence-corrected chi connectivity index (χ3v) is 3.26. The van der Waals surface area contributed by atoms with Crippen molar-refractivity contribution < 1.29 is 4.74 Å². The summed E-state index contributed by atoms with van der Waals surface area (Å²) in [6, 6.07) is 2.34. The van der Waals surface area contributed by atoms with Crippen LogP contribution in [-0.4, -0.2) is 31.8 Å². The van der Waals surface area contributed by atoms with Crippen LogP contribution in [-0.2, 0) is 10.6 Å². The number of aromatic nitrogens is 1. The Kier molecular flexibility index (Phi) is 5.22. The predicted octanol–water partition coefficient (Wildman–Crippen LogP) is 2.91. The fourth-order valence-corrected chi connectivity index (χ4v) is 2.19. The molecule has 0 N–H and O–H groups in total. The Morgan fingerprint density at radius 3 is 2.65 bits per heavy atom. The van der Waals surface area contributed by atoms with E-state index in [9.17, 15) is 0 Å². The first-order valence-corrected chi connectivity index (χ1v) is 6.29. The molecule has 4 heteroatoms. The van der Waals surface area contributed by atoms with Crippen LogP contribution in [0.4, 0.5) is 5.82 Å². The molecule has 0 aromatic carbocycles. The number of nitrogens with zero attached hydrogens (tertiary/aromatic N) is 2. The first kappa shape index (κ1) is 14.3. The van der Waals surface area contributed by atoms with Gasteiger partial charge in [-0.1, -0.05) is 0 Å². The molecule has 0 bridgehead atoms. The van der Waals surface area contributed by atoms with Gasteiger partial charge in [-0.2, -0.15) is 0 Å². The minimum absolute atomic E-state index is 0.274. The number of likely N-dealkylation sites (N-methyl/N-ethyl adjacent to an activating group) is 1. The zero-order valence-corrected chi connectivity index (χ0v) is 12.0. The Morgan fingerprint density at radius 1 is 1.47 bits per heavy atom. The number of anilines is 1. The highest BCUT2D eigenvalue weighted by Gasteiger charge is 2.16. The van der Waals surface area contributed by atoms with Crippen LogP contribution in [0.2, 0.25) is 0 Å². The van der Waals surface area contributed by atoms with Crippen molar-refractivity contribution in [1.82, 2.24) is 4.98 Å². The number of pyridine rings is 1. The molecule has 0 amide bonds. The highest BCUT2D eigenvalue weighted by Crippen LogP contribution is 2.24. The van der Waals surface area contributed by atoms with Crippen LogP contribution in [0.5, 0.6) is 0 Å². The van der Waals surface area contributed by atoms with Crippen molar-refractivity contribution in [1.29, 1.82) is 0 Å². The summed E-state index contributed by atoms with van der Waals surface area (Å²) in [6.45, 7) is 6.86. The zero-order valence-electron chi connectivity index (χ0n) is 11.2. The van der Waals surface area contributed by atoms with Crippen LogP contribution >= 0.6 is 11.6 Å². The summed E-state index contributed by atoms with van der Waals surface area (Å²) in [5.41, 5.74) is 3.31. The molecule has 1 aromatic heterocycles. The quantitative estimate of drug-likeness (QED) is 0.758. The topological polar surface area (TPSA) is 25.4 Å². The third kappa shape index (κ3) is 3.33. The molecule has 0 aliphatic rings. The summed E-state index contributed by atoms with van der Waals surface area (Å²) in [4.78, 5) is 6.72. The molecular formula is C13H21ClN2O. The molecule has 0 aliphatic carbocycles. The monoisotopic (exact) mass is 256 g/mol. The predicted molar refractivity (Wildman–Crippen MR) is 73.0 cm³/mol. The van der Waals surface area contributed by atoms with Gasteiger partial charge in [-0.3, -0.25) is 0 Å². The fourth-order valence-electron chi connectivity index (χ4n) is 1.86. The highest BCUT2D eigenvalue weighted by atomic mass is 35.5. The lowest BCUT2D eigenvalue weighted by Crippen LogP contribution is -2.34. The molecule has 1 atom stereocenters. The molecule has 1 heterocycles. The molecule has 0 saturated carbocycles. The second-order valence-electron chi connectivity index (χ2n) is 4.43. The van der Waals surface area contributed by atoms with E-state index < -0.39 is 0 Å². The maximum atomic E-state index is 6.02. The third-order valence-electron chi connectivity index (χ3n) is 2.99. The van der Waals surface area contributed by atoms with Gasteiger partial charge in [-0.25, -0.2) is 4.98 Å². The van der Waals surface area contributed by atoms with Crippen LogP contribution in [0.15, 0.2) is 6.07 Å². The molecular weight excluding hydrogens is 236 g/mol. The molecule has 1 aromatic rings. The smallest absolute Gasteiger partial charge is 0.133 e. The molecule has 0 aliphatic heterocycles. The summed E-state index contributed by atoms with van der Waals surface area (Å²) in [5.74, 6) is 1.44. The van der Waals surface area contributed by atoms with Gasteiger partial charge in [0.25, 0.3) is 0 Å². The van der Waals surface area contributed by atoms with E-state index in [0.717, 1.165) is 17.1 Å². The molecule has 0 spiro atoms. The van der Waals surface area contributed by atoms with E-state index in [1.807, 2.05) is 14.0 Å². The summed E-state index contributed by atoms with van der Waals surface area (Å²) < 4.78 is 5.18. The Bertz CT molecular complexity index is 382. The van der Waals surface area contributed by atoms with Crippen LogP contribution in [0.3, 0.4) is 0 Å². The Labute approximate surface area is 109 Å². The van der Waals surface area contributed by atoms with Gasteiger partial charge in [0.05, 0.1) is 18.5 Å². The number of halogens is 1. The minimum Gasteiger partial charge on any atom is -0.383 e. The van der Waals surface area contributed by atoms with E-state index in [2.05, 4.69) is 29.8 Å². The molecule has 0 radical (unpaired) electrons. The number of hydrogen-bond acceptors (Lipinski definition) is 3. The summed E-state index contributed by atoms with van der Waals surface area (Å²) in [7, 11) is 3.74. The van der Waals surface area contributed by atoms with Gasteiger partial charge < -0.3 is 9.64 Å². The van der Waals surface area contributed by atoms with Crippen LogP contribution < -0.4 is 4.90 Å². The van der Waals surface area contributed by atoms with Crippen LogP contribution in [0.25, 0.3) is 0 Å². The summed E-state index contributed by atoms with van der Waals surface area (Å²) in [5, 5.41) is 0. The zero-order chi connectivity index (χ0) is 13.0. The average molecular weight is 257 g/mol. The van der Waals surface area contributed by atoms with Crippen molar-refractivity contribution in [2.75, 3.05) is 25.7 Å². The Balaban J connectivity index is 3.11. The maximum absolute atomic E-state index is 6.02. The van der Waals surface area contributed by atoms with Crippen molar-refractivity contribution in [2.24, 2.45) is 0 Å². The van der Waals surface area contributed by atoms with E-state index in [1.54, 1.807) is 7.11 Å². The van der Waals surface area contributed by atoms with E-state index >= 15 is 0 Å². The second kappa shape index (κ2) is 6.22. The molecule has 0 saturated heterocycles. The molecule has 0 fully saturated rings. The van der Waals surface area contributed by atoms with E-state index in [-0.39, 0.29) is 6.04 Å². The van der Waals surface area contributed by atoms with Gasteiger partial charge in [0.15, 0.2) is 0 Å². The van der Waals surface area contributed by atoms with Crippen molar-refractivity contribution in [3.05, 3.63) is 22.9 Å². The normalized spacial score (nSPS) is 12.6. The van der Waals surface area contributed by atoms with Crippen molar-refractivity contribution in [3.8, 4) is 0 Å². The number of alkyl halides is 1. The molecule has 96 valence electrons. The van der Waals surface area contributed by atoms with Gasteiger partial charge in [0.1, 0.15) is 5.82 Å². The largest absolute Gasteiger partial charge is 0.383 e. The SMILES string of the molecule is COCC(C)N(C)c1nc(C)cc(C)c1CCl. The Morgan fingerprint density at radius 2 is 2.12 bits per heavy atom. The van der Waals surface area contributed by atoms with Gasteiger partial charge in [0.2, 0.25) is 0 Å². The van der Waals surface area contributed by atoms with Crippen molar-refractivity contribution >= 4 is 17.4 Å². The van der Waals surface area contributed by atoms with E-state index in [4.69, 9.17) is 16.3 Å². The second-order valence-corrected chi connectivity index (χ2v) is 4.70. The maximum Gasteiger partial charge on any atom is 0.133 e. The Hall–Kier alpha value is -0.800. The lowest BCUT2D eigenvalue weighted by atomic mass is 10.1. The van der Waals surface area contributed by atoms with Gasteiger partial charge in [-0.15, -0.1) is 11.6 Å². The minimum atomic E-state index is 0.274. The first-order valence-electron chi connectivity index (χ1n) is 5.76. The molecule has 3 nitrogen and oxygen atoms in total. The van der Waals surface area contributed by atoms with E-state index in [1.165, 1.54) is 5.56 Å². The number of methoxy groups -OCH3 is 1. The first-order chi connectivity index (χ1) is 8.01. The van der Waals surface area contributed by atoms with Crippen LogP contribution in [0, 0.1) is 13.8 Å². The number of aryl methyl sites for hydroxylation is 2. The summed E-state index contributed by atoms with van der Waals surface area (Å²) >= 11 is 6.02. The lowest BCUT2D eigenvalue weighted by Gasteiger charge is -2.28. The fraction of sp³-hybridized carbons (Fsp3) is 0.615. The van der Waals surface area contributed by atoms with Gasteiger partial charge >= 0.3 is 0 Å². The number of hydrogen-bond donors (Lipinski definition) is 0. The van der Waals surface area contributed by atoms with Gasteiger partial charge in [-0.05, 0) is 32.4 Å². The molecule has 1 rings (SSSR count). The summed E-state index contributed by atoms with van der Waals surface area (Å²) in [6.07, 6.45) is 0.